The molecule has 0 radical (unpaired) electrons. The van der Waals surface area contributed by atoms with Gasteiger partial charge in [0.15, 0.2) is 6.29 Å². The third-order valence-electron chi connectivity index (χ3n) is 9.45. The Morgan fingerprint density at radius 1 is 0.922 bits per heavy atom. The number of aliphatic hydroxyl groups is 2. The lowest BCUT2D eigenvalue weighted by Gasteiger charge is -2.39. The summed E-state index contributed by atoms with van der Waals surface area (Å²) in [5.41, 5.74) is 4.26. The first-order chi connectivity index (χ1) is 24.7. The molecule has 3 N–H and O–H groups in total. The minimum atomic E-state index is -1.06. The molecule has 2 saturated heterocycles. The summed E-state index contributed by atoms with van der Waals surface area (Å²) in [6.45, 7) is 2.42. The second kappa shape index (κ2) is 16.4. The molecule has 1 unspecified atom stereocenters. The molecular formula is C40H43N3O8. The Kier molecular flexibility index (Phi) is 11.5. The van der Waals surface area contributed by atoms with Gasteiger partial charge in [-0.15, -0.1) is 0 Å². The van der Waals surface area contributed by atoms with Crippen molar-refractivity contribution in [3.8, 4) is 0 Å². The number of nitrogens with one attached hydrogen (secondary N) is 1. The van der Waals surface area contributed by atoms with E-state index in [-0.39, 0.29) is 37.9 Å². The van der Waals surface area contributed by atoms with Gasteiger partial charge in [-0.2, -0.15) is 0 Å². The number of likely N-dealkylation sites (N-methyl/N-ethyl adjacent to an activating group) is 1. The molecule has 2 heterocycles. The van der Waals surface area contributed by atoms with Gasteiger partial charge >= 0.3 is 6.09 Å². The summed E-state index contributed by atoms with van der Waals surface area (Å²) in [6, 6.07) is 31.9. The molecule has 0 spiro atoms. The van der Waals surface area contributed by atoms with Crippen molar-refractivity contribution in [2.45, 2.75) is 69.7 Å². The summed E-state index contributed by atoms with van der Waals surface area (Å²) in [5, 5.41) is 23.2. The lowest BCUT2D eigenvalue weighted by molar-refractivity contribution is -0.253. The molecule has 2 aliphatic rings. The van der Waals surface area contributed by atoms with E-state index in [1.165, 1.54) is 0 Å². The van der Waals surface area contributed by atoms with E-state index >= 15 is 0 Å². The average molecular weight is 694 g/mol. The Bertz CT molecular complexity index is 1790. The third-order valence-corrected chi connectivity index (χ3v) is 9.45. The van der Waals surface area contributed by atoms with E-state index in [1.807, 2.05) is 105 Å². The Balaban J connectivity index is 1.17. The van der Waals surface area contributed by atoms with E-state index < -0.39 is 36.3 Å². The molecule has 4 aromatic carbocycles. The van der Waals surface area contributed by atoms with Crippen LogP contribution in [0.3, 0.4) is 0 Å². The number of alkyl carbamates (subject to hydrolysis) is 1. The molecule has 6 atom stereocenters. The molecule has 4 aromatic rings. The van der Waals surface area contributed by atoms with Crippen LogP contribution in [-0.2, 0) is 37.0 Å². The van der Waals surface area contributed by atoms with Crippen LogP contribution in [0.2, 0.25) is 0 Å². The number of nitrogens with zero attached hydrogens (tertiary/aromatic N) is 2. The van der Waals surface area contributed by atoms with Crippen LogP contribution >= 0.6 is 0 Å². The van der Waals surface area contributed by atoms with Crippen LogP contribution in [0, 0.1) is 0 Å². The molecule has 266 valence electrons. The second-order valence-electron chi connectivity index (χ2n) is 13.0. The summed E-state index contributed by atoms with van der Waals surface area (Å²) < 4.78 is 18.3. The van der Waals surface area contributed by atoms with Gasteiger partial charge in [-0.1, -0.05) is 97.1 Å². The maximum absolute atomic E-state index is 13.4. The molecule has 2 aliphatic heterocycles. The molecule has 0 bridgehead atoms. The Hall–Kier alpha value is -4.91. The number of carbonyl (C=O) groups excluding carboxylic acids is 3. The van der Waals surface area contributed by atoms with Gasteiger partial charge in [0, 0.05) is 24.6 Å². The van der Waals surface area contributed by atoms with E-state index in [0.29, 0.717) is 24.2 Å². The first kappa shape index (κ1) is 35.9. The van der Waals surface area contributed by atoms with Gasteiger partial charge in [-0.05, 0) is 48.4 Å². The predicted octanol–water partition coefficient (Wildman–Crippen LogP) is 5.34. The van der Waals surface area contributed by atoms with Crippen LogP contribution in [0.5, 0.6) is 0 Å². The SMILES string of the molecule is C[C@H]([C@@H](O)c1ccccc1)N(C)C[C@@H]1C[C@H](c2ccc(CO)cc2)O[C@H](c2cccc(N3C(=O)CC(NC(=O)OCc4ccccc4)C3=O)c2)O1. The molecule has 11 nitrogen and oxygen atoms in total. The van der Waals surface area contributed by atoms with Crippen LogP contribution < -0.4 is 10.2 Å². The van der Waals surface area contributed by atoms with Gasteiger partial charge in [0.05, 0.1) is 37.0 Å². The normalized spacial score (nSPS) is 21.8. The highest BCUT2D eigenvalue weighted by molar-refractivity contribution is 6.22. The van der Waals surface area contributed by atoms with Crippen molar-refractivity contribution in [3.63, 3.8) is 0 Å². The van der Waals surface area contributed by atoms with E-state index in [1.54, 1.807) is 18.2 Å². The molecule has 51 heavy (non-hydrogen) atoms. The standard InChI is InChI=1S/C40H43N3O8/c1-26(37(46)30-12-7-4-8-13-30)42(2)23-33-21-35(29-18-16-27(24-44)17-19-29)51-39(50-33)31-14-9-15-32(20-31)43-36(45)22-34(38(43)47)41-40(48)49-25-28-10-5-3-6-11-28/h3-20,26,33-35,37,39,44,46H,21-25H2,1-2H3,(H,41,48)/t26-,33+,34?,35-,37-,39-/m1/s1. The van der Waals surface area contributed by atoms with E-state index in [9.17, 15) is 24.6 Å². The van der Waals surface area contributed by atoms with Gasteiger partial charge in [-0.25, -0.2) is 9.69 Å². The summed E-state index contributed by atoms with van der Waals surface area (Å²) in [6.07, 6.45) is -2.68. The number of carbonyl (C=O) groups is 3. The molecule has 0 saturated carbocycles. The first-order valence-corrected chi connectivity index (χ1v) is 17.1. The van der Waals surface area contributed by atoms with E-state index in [4.69, 9.17) is 14.2 Å². The van der Waals surface area contributed by atoms with Gasteiger partial charge in [0.25, 0.3) is 5.91 Å². The third kappa shape index (κ3) is 8.70. The van der Waals surface area contributed by atoms with Crippen molar-refractivity contribution in [3.05, 3.63) is 137 Å². The number of hydrogen-bond acceptors (Lipinski definition) is 9. The summed E-state index contributed by atoms with van der Waals surface area (Å²) in [4.78, 5) is 42.2. The number of imide groups is 1. The van der Waals surface area contributed by atoms with E-state index in [0.717, 1.165) is 27.2 Å². The summed E-state index contributed by atoms with van der Waals surface area (Å²) in [5.74, 6) is -1.02. The maximum atomic E-state index is 13.4. The minimum absolute atomic E-state index is 0.0323. The Morgan fingerprint density at radius 2 is 1.63 bits per heavy atom. The highest BCUT2D eigenvalue weighted by atomic mass is 16.7. The lowest BCUT2D eigenvalue weighted by atomic mass is 9.98. The largest absolute Gasteiger partial charge is 0.445 e. The van der Waals surface area contributed by atoms with E-state index in [2.05, 4.69) is 10.2 Å². The monoisotopic (exact) mass is 693 g/mol. The number of aliphatic hydroxyl groups excluding tert-OH is 2. The van der Waals surface area contributed by atoms with Crippen LogP contribution in [0.15, 0.2) is 109 Å². The fraction of sp³-hybridized carbons (Fsp3) is 0.325. The molecule has 0 aromatic heterocycles. The zero-order valence-electron chi connectivity index (χ0n) is 28.6. The van der Waals surface area contributed by atoms with Crippen LogP contribution in [0.1, 0.15) is 66.1 Å². The summed E-state index contributed by atoms with van der Waals surface area (Å²) in [7, 11) is 1.95. The van der Waals surface area contributed by atoms with Crippen molar-refractivity contribution in [2.24, 2.45) is 0 Å². The maximum Gasteiger partial charge on any atom is 0.408 e. The number of hydrogen-bond donors (Lipinski definition) is 3. The quantitative estimate of drug-likeness (QED) is 0.168. The van der Waals surface area contributed by atoms with Gasteiger partial charge < -0.3 is 29.7 Å². The minimum Gasteiger partial charge on any atom is -0.445 e. The van der Waals surface area contributed by atoms with Crippen LogP contribution in [-0.4, -0.2) is 64.8 Å². The highest BCUT2D eigenvalue weighted by Gasteiger charge is 2.41. The molecule has 3 amide bonds. The fourth-order valence-electron chi connectivity index (χ4n) is 6.42. The second-order valence-corrected chi connectivity index (χ2v) is 13.0. The molecule has 2 fully saturated rings. The number of anilines is 1. The Morgan fingerprint density at radius 3 is 2.33 bits per heavy atom. The average Bonchev–Trinajstić information content (AvgIpc) is 3.45. The lowest BCUT2D eigenvalue weighted by Crippen LogP contribution is -2.43. The summed E-state index contributed by atoms with van der Waals surface area (Å²) >= 11 is 0. The van der Waals surface area contributed by atoms with Crippen LogP contribution in [0.4, 0.5) is 10.5 Å². The molecule has 0 aliphatic carbocycles. The molecule has 11 heteroatoms. The van der Waals surface area contributed by atoms with Gasteiger partial charge in [0.2, 0.25) is 5.91 Å². The fourth-order valence-corrected chi connectivity index (χ4v) is 6.42. The zero-order valence-corrected chi connectivity index (χ0v) is 28.6. The van der Waals surface area contributed by atoms with Crippen molar-refractivity contribution in [2.75, 3.05) is 18.5 Å². The Labute approximate surface area is 297 Å². The molecule has 6 rings (SSSR count). The number of ether oxygens (including phenoxy) is 3. The topological polar surface area (TPSA) is 138 Å². The van der Waals surface area contributed by atoms with Gasteiger partial charge in [-0.3, -0.25) is 14.5 Å². The van der Waals surface area contributed by atoms with Gasteiger partial charge in [0.1, 0.15) is 12.6 Å². The van der Waals surface area contributed by atoms with Crippen molar-refractivity contribution in [1.29, 1.82) is 0 Å². The number of rotatable bonds is 12. The van der Waals surface area contributed by atoms with Crippen molar-refractivity contribution >= 4 is 23.6 Å². The number of benzene rings is 4. The first-order valence-electron chi connectivity index (χ1n) is 17.1. The van der Waals surface area contributed by atoms with Crippen molar-refractivity contribution < 1.29 is 38.8 Å². The predicted molar refractivity (Wildman–Crippen MR) is 189 cm³/mol. The number of amides is 3. The molecular weight excluding hydrogens is 650 g/mol. The smallest absolute Gasteiger partial charge is 0.408 e. The highest BCUT2D eigenvalue weighted by Crippen LogP contribution is 2.39. The zero-order chi connectivity index (χ0) is 35.9. The van der Waals surface area contributed by atoms with Crippen LogP contribution in [0.25, 0.3) is 0 Å². The van der Waals surface area contributed by atoms with Crippen molar-refractivity contribution in [1.82, 2.24) is 10.2 Å².